The Balaban J connectivity index is 0.980. The molecular weight excluding hydrogens is 759 g/mol. The first kappa shape index (κ1) is 29.7. The van der Waals surface area contributed by atoms with Crippen LogP contribution in [0.1, 0.15) is 6.85 Å². The summed E-state index contributed by atoms with van der Waals surface area (Å²) in [6, 6.07) is 55.4. The average Bonchev–Trinajstić information content (AvgIpc) is 3.95. The highest BCUT2D eigenvalue weighted by Gasteiger charge is 2.19. The number of para-hydroxylation sites is 1. The zero-order valence-corrected chi connectivity index (χ0v) is 32.8. The molecule has 3 aromatic heterocycles. The third-order valence-electron chi connectivity index (χ3n) is 12.0. The predicted octanol–water partition coefficient (Wildman–Crippen LogP) is 15.5. The fourth-order valence-electron chi connectivity index (χ4n) is 9.09. The van der Waals surface area contributed by atoms with Gasteiger partial charge >= 0.3 is 0 Å². The van der Waals surface area contributed by atoms with Crippen LogP contribution in [0, 0.1) is 0 Å². The smallest absolute Gasteiger partial charge is 0.164 e. The lowest BCUT2D eigenvalue weighted by Gasteiger charge is -2.12. The number of nitrogens with zero attached hydrogens (tertiary/aromatic N) is 3. The monoisotopic (exact) mass is 796 g/mol. The summed E-state index contributed by atoms with van der Waals surface area (Å²) in [5.74, 6) is 1.27. The van der Waals surface area contributed by atoms with Crippen LogP contribution in [0.3, 0.4) is 0 Å². The Hall–Kier alpha value is -8.41. The lowest BCUT2D eigenvalue weighted by Crippen LogP contribution is -2.00. The van der Waals surface area contributed by atoms with Gasteiger partial charge < -0.3 is 8.83 Å². The molecule has 0 saturated heterocycles. The van der Waals surface area contributed by atoms with E-state index in [-0.39, 0.29) is 29.7 Å². The Kier molecular flexibility index (Phi) is 6.51. The molecule has 0 fully saturated rings. The Morgan fingerprint density at radius 1 is 0.306 bits per heavy atom. The molecule has 0 unspecified atom stereocenters. The summed E-state index contributed by atoms with van der Waals surface area (Å²) in [5.41, 5.74) is 7.86. The minimum Gasteiger partial charge on any atom is -0.456 e. The van der Waals surface area contributed by atoms with E-state index in [4.69, 9.17) is 30.6 Å². The van der Waals surface area contributed by atoms with E-state index < -0.39 is 6.04 Å². The maximum absolute atomic E-state index is 8.56. The molecule has 13 rings (SSSR count). The summed E-state index contributed by atoms with van der Waals surface area (Å²) >= 11 is 0. The molecule has 0 N–H and O–H groups in total. The van der Waals surface area contributed by atoms with Crippen LogP contribution in [0.15, 0.2) is 209 Å². The fourth-order valence-corrected chi connectivity index (χ4v) is 9.09. The number of hydrogen-bond acceptors (Lipinski definition) is 5. The van der Waals surface area contributed by atoms with Crippen LogP contribution in [0.4, 0.5) is 0 Å². The van der Waals surface area contributed by atoms with Crippen LogP contribution < -0.4 is 0 Å². The molecule has 0 radical (unpaired) electrons. The lowest BCUT2D eigenvalue weighted by molar-refractivity contribution is 0.668. The molecule has 0 aliphatic rings. The van der Waals surface area contributed by atoms with E-state index in [2.05, 4.69) is 78.9 Å². The van der Waals surface area contributed by atoms with Crippen molar-refractivity contribution in [1.82, 2.24) is 15.0 Å². The largest absolute Gasteiger partial charge is 0.456 e. The number of rotatable bonds is 5. The molecule has 288 valence electrons. The molecule has 62 heavy (non-hydrogen) atoms. The van der Waals surface area contributed by atoms with Crippen molar-refractivity contribution in [2.75, 3.05) is 0 Å². The summed E-state index contributed by atoms with van der Waals surface area (Å²) in [5, 5.41) is 11.2. The van der Waals surface area contributed by atoms with Crippen LogP contribution in [0.5, 0.6) is 0 Å². The minimum atomic E-state index is -0.435. The Morgan fingerprint density at radius 3 is 1.53 bits per heavy atom. The van der Waals surface area contributed by atoms with Crippen molar-refractivity contribution in [3.63, 3.8) is 0 Å². The van der Waals surface area contributed by atoms with Gasteiger partial charge in [0, 0.05) is 38.2 Å². The number of benzene rings is 10. The second-order valence-corrected chi connectivity index (χ2v) is 15.5. The van der Waals surface area contributed by atoms with E-state index in [1.165, 1.54) is 32.3 Å². The third-order valence-corrected chi connectivity index (χ3v) is 12.0. The first-order chi connectivity index (χ1) is 32.8. The van der Waals surface area contributed by atoms with Crippen molar-refractivity contribution in [2.24, 2.45) is 0 Å². The number of hydrogen-bond donors (Lipinski definition) is 0. The number of aromatic nitrogens is 3. The topological polar surface area (TPSA) is 65.0 Å². The second-order valence-electron chi connectivity index (χ2n) is 15.5. The zero-order valence-electron chi connectivity index (χ0n) is 37.8. The molecule has 10 aromatic carbocycles. The molecule has 0 bridgehead atoms. The summed E-state index contributed by atoms with van der Waals surface area (Å²) in [6.45, 7) is 0. The fraction of sp³-hybridized carbons (Fsp3) is 0. The van der Waals surface area contributed by atoms with Crippen molar-refractivity contribution in [3.05, 3.63) is 200 Å². The summed E-state index contributed by atoms with van der Waals surface area (Å²) in [7, 11) is 0. The highest BCUT2D eigenvalue weighted by molar-refractivity contribution is 6.26. The predicted molar refractivity (Wildman–Crippen MR) is 254 cm³/mol. The van der Waals surface area contributed by atoms with Gasteiger partial charge in [-0.3, -0.25) is 0 Å². The van der Waals surface area contributed by atoms with Gasteiger partial charge in [0.2, 0.25) is 0 Å². The Labute approximate surface area is 362 Å². The molecule has 5 nitrogen and oxygen atoms in total. The van der Waals surface area contributed by atoms with E-state index >= 15 is 0 Å². The molecule has 0 amide bonds. The first-order valence-electron chi connectivity index (χ1n) is 22.9. The third kappa shape index (κ3) is 5.45. The van der Waals surface area contributed by atoms with E-state index in [1.807, 2.05) is 66.7 Å². The molecule has 0 spiro atoms. The Morgan fingerprint density at radius 2 is 0.790 bits per heavy atom. The maximum atomic E-state index is 8.56. The molecule has 3 heterocycles. The number of furan rings is 2. The van der Waals surface area contributed by atoms with Gasteiger partial charge in [-0.15, -0.1) is 0 Å². The van der Waals surface area contributed by atoms with Crippen molar-refractivity contribution in [1.29, 1.82) is 0 Å². The lowest BCUT2D eigenvalue weighted by atomic mass is 9.91. The highest BCUT2D eigenvalue weighted by atomic mass is 16.3. The molecule has 0 aliphatic carbocycles. The minimum absolute atomic E-state index is 0.124. The Bertz CT molecular complexity index is 4170. The zero-order chi connectivity index (χ0) is 45.1. The van der Waals surface area contributed by atoms with Gasteiger partial charge in [0.1, 0.15) is 22.3 Å². The van der Waals surface area contributed by atoms with Gasteiger partial charge in [0.25, 0.3) is 0 Å². The molecule has 0 aliphatic heterocycles. The van der Waals surface area contributed by atoms with Gasteiger partial charge in [0.15, 0.2) is 17.5 Å². The first-order valence-corrected chi connectivity index (χ1v) is 20.4. The molecule has 0 atom stereocenters. The van der Waals surface area contributed by atoms with E-state index in [1.54, 1.807) is 24.3 Å². The van der Waals surface area contributed by atoms with Crippen molar-refractivity contribution in [2.45, 2.75) is 0 Å². The van der Waals surface area contributed by atoms with Crippen molar-refractivity contribution >= 4 is 76.2 Å². The van der Waals surface area contributed by atoms with Crippen molar-refractivity contribution < 1.29 is 15.7 Å². The second kappa shape index (κ2) is 13.6. The normalized spacial score (nSPS) is 13.0. The molecule has 13 aromatic rings. The van der Waals surface area contributed by atoms with E-state index in [9.17, 15) is 0 Å². The van der Waals surface area contributed by atoms with E-state index in [0.717, 1.165) is 60.5 Å². The van der Waals surface area contributed by atoms with Gasteiger partial charge in [-0.25, -0.2) is 15.0 Å². The SMILES string of the molecule is [2H]c1c([2H])c([2H])c(-c2ccc(-c3nc(-c4ccc5c(c4)oc4ccccc45)nc(-c4ccc5oc6cccc(-c7ccc8c9ccccc9c9ccccc9c8c7)c6c5c4)n3)cc2)c([2H])c1[2H]. The summed E-state index contributed by atoms with van der Waals surface area (Å²) in [6.07, 6.45) is 0. The van der Waals surface area contributed by atoms with Crippen molar-refractivity contribution in [3.8, 4) is 56.4 Å². The number of fused-ring (bicyclic) bond motifs is 12. The summed E-state index contributed by atoms with van der Waals surface area (Å²) < 4.78 is 54.5. The van der Waals surface area contributed by atoms with Gasteiger partial charge in [-0.1, -0.05) is 152 Å². The van der Waals surface area contributed by atoms with Crippen LogP contribution >= 0.6 is 0 Å². The van der Waals surface area contributed by atoms with Crippen LogP contribution in [-0.4, -0.2) is 15.0 Å². The van der Waals surface area contributed by atoms with E-state index in [0.29, 0.717) is 34.2 Å². The highest BCUT2D eigenvalue weighted by Crippen LogP contribution is 2.42. The van der Waals surface area contributed by atoms with Gasteiger partial charge in [-0.05, 0) is 103 Å². The van der Waals surface area contributed by atoms with Gasteiger partial charge in [-0.2, -0.15) is 0 Å². The maximum Gasteiger partial charge on any atom is 0.164 e. The van der Waals surface area contributed by atoms with Crippen LogP contribution in [-0.2, 0) is 0 Å². The molecular formula is C57H33N3O2. The summed E-state index contributed by atoms with van der Waals surface area (Å²) in [4.78, 5) is 15.2. The van der Waals surface area contributed by atoms with Crippen LogP contribution in [0.2, 0.25) is 0 Å². The molecule has 5 heteroatoms. The molecule has 0 saturated carbocycles. The van der Waals surface area contributed by atoms with Gasteiger partial charge in [0.05, 0.1) is 6.85 Å². The van der Waals surface area contributed by atoms with Crippen LogP contribution in [0.25, 0.3) is 133 Å². The quantitative estimate of drug-likeness (QED) is 0.162. The average molecular weight is 797 g/mol. The standard InChI is InChI=1S/C57H33N3O2/c1-2-11-34(12-3-1)35-21-23-36(24-22-35)55-58-56(60-57(59-55)39-26-29-47-46-17-8-9-19-50(46)62-53(47)33-39)38-27-30-51-49(32-38)54-40(18-10-20-52(54)61-51)37-25-28-45-43-15-5-4-13-41(43)42-14-6-7-16-44(42)48(45)31-37/h1-33H/i1D,2D,3D,11D,12D.